The minimum Gasteiger partial charge on any atom is -0.369 e. The molecule has 1 heteroatoms. The van der Waals surface area contributed by atoms with Crippen LogP contribution in [0.2, 0.25) is 0 Å². The lowest BCUT2D eigenvalue weighted by Gasteiger charge is -2.01. The highest BCUT2D eigenvalue weighted by molar-refractivity contribution is 5.02. The highest BCUT2D eigenvalue weighted by Crippen LogP contribution is 2.30. The first-order valence-corrected chi connectivity index (χ1v) is 9.46. The molecule has 1 aliphatic rings. The number of hydrogen-bond donors (Lipinski definition) is 0. The Bertz CT molecular complexity index is 316. The quantitative estimate of drug-likeness (QED) is 0.141. The summed E-state index contributed by atoms with van der Waals surface area (Å²) < 4.78 is 5.73. The maximum absolute atomic E-state index is 5.73. The van der Waals surface area contributed by atoms with Crippen molar-refractivity contribution < 1.29 is 4.74 Å². The van der Waals surface area contributed by atoms with E-state index in [4.69, 9.17) is 4.74 Å². The van der Waals surface area contributed by atoms with Crippen molar-refractivity contribution in [2.24, 2.45) is 0 Å². The first-order valence-electron chi connectivity index (χ1n) is 9.46. The maximum Gasteiger partial charge on any atom is 0.0876 e. The van der Waals surface area contributed by atoms with Crippen LogP contribution < -0.4 is 0 Å². The van der Waals surface area contributed by atoms with Crippen LogP contribution in [0.5, 0.6) is 0 Å². The van der Waals surface area contributed by atoms with Gasteiger partial charge in [-0.15, -0.1) is 0 Å². The Hall–Kier alpha value is -0.820. The molecular weight excluding hydrogens is 268 g/mol. The number of hydrogen-bond acceptors (Lipinski definition) is 1. The van der Waals surface area contributed by atoms with Crippen molar-refractivity contribution in [3.05, 3.63) is 37.0 Å². The molecule has 0 aliphatic carbocycles. The largest absolute Gasteiger partial charge is 0.369 e. The molecule has 1 aliphatic heterocycles. The third kappa shape index (κ3) is 10.8. The Morgan fingerprint density at radius 3 is 2.18 bits per heavy atom. The van der Waals surface area contributed by atoms with E-state index in [0.717, 1.165) is 12.8 Å². The zero-order valence-corrected chi connectivity index (χ0v) is 14.6. The molecule has 0 aromatic heterocycles. The van der Waals surface area contributed by atoms with Crippen LogP contribution in [0.25, 0.3) is 0 Å². The third-order valence-corrected chi connectivity index (χ3v) is 4.36. The van der Waals surface area contributed by atoms with E-state index in [1.807, 2.05) is 12.2 Å². The summed E-state index contributed by atoms with van der Waals surface area (Å²) in [6.45, 7) is 5.94. The lowest BCUT2D eigenvalue weighted by atomic mass is 10.0. The SMILES string of the molecule is C=C/C=C/C/C=C/C[C@H]1OC1CCCCCCCCCCC. The van der Waals surface area contributed by atoms with Crippen LogP contribution in [-0.4, -0.2) is 12.2 Å². The fourth-order valence-corrected chi connectivity index (χ4v) is 2.88. The Labute approximate surface area is 138 Å². The zero-order valence-electron chi connectivity index (χ0n) is 14.6. The minimum atomic E-state index is 0.508. The number of unbranched alkanes of at least 4 members (excludes halogenated alkanes) is 8. The van der Waals surface area contributed by atoms with Gasteiger partial charge in [0.1, 0.15) is 0 Å². The average Bonchev–Trinajstić information content (AvgIpc) is 3.27. The summed E-state index contributed by atoms with van der Waals surface area (Å²) in [5, 5.41) is 0. The van der Waals surface area contributed by atoms with Gasteiger partial charge in [0.2, 0.25) is 0 Å². The highest BCUT2D eigenvalue weighted by atomic mass is 16.6. The Balaban J connectivity index is 1.82. The second-order valence-corrected chi connectivity index (χ2v) is 6.44. The summed E-state index contributed by atoms with van der Waals surface area (Å²) in [6.07, 6.45) is 27.5. The van der Waals surface area contributed by atoms with Crippen molar-refractivity contribution in [3.8, 4) is 0 Å². The Morgan fingerprint density at radius 2 is 1.50 bits per heavy atom. The molecule has 0 aromatic rings. The van der Waals surface area contributed by atoms with Crippen LogP contribution in [0, 0.1) is 0 Å². The molecular formula is C21H36O. The van der Waals surface area contributed by atoms with E-state index in [-0.39, 0.29) is 0 Å². The molecule has 1 rings (SSSR count). The first kappa shape index (κ1) is 19.2. The van der Waals surface area contributed by atoms with Crippen LogP contribution >= 0.6 is 0 Å². The molecule has 0 spiro atoms. The lowest BCUT2D eigenvalue weighted by Crippen LogP contribution is -1.93. The van der Waals surface area contributed by atoms with Crippen LogP contribution in [0.3, 0.4) is 0 Å². The fraction of sp³-hybridized carbons (Fsp3) is 0.714. The van der Waals surface area contributed by atoms with Crippen molar-refractivity contribution >= 4 is 0 Å². The van der Waals surface area contributed by atoms with Crippen molar-refractivity contribution in [1.82, 2.24) is 0 Å². The van der Waals surface area contributed by atoms with E-state index in [1.165, 1.54) is 64.2 Å². The topological polar surface area (TPSA) is 12.5 Å². The molecule has 1 nitrogen and oxygen atoms in total. The first-order chi connectivity index (χ1) is 10.9. The van der Waals surface area contributed by atoms with E-state index >= 15 is 0 Å². The van der Waals surface area contributed by atoms with Gasteiger partial charge in [0.15, 0.2) is 0 Å². The summed E-state index contributed by atoms with van der Waals surface area (Å²) >= 11 is 0. The molecule has 22 heavy (non-hydrogen) atoms. The van der Waals surface area contributed by atoms with Gasteiger partial charge in [-0.2, -0.15) is 0 Å². The minimum absolute atomic E-state index is 0.508. The van der Waals surface area contributed by atoms with Gasteiger partial charge in [0, 0.05) is 0 Å². The van der Waals surface area contributed by atoms with Crippen molar-refractivity contribution in [3.63, 3.8) is 0 Å². The molecule has 126 valence electrons. The number of epoxide rings is 1. The summed E-state index contributed by atoms with van der Waals surface area (Å²) in [5.74, 6) is 0. The van der Waals surface area contributed by atoms with Gasteiger partial charge in [-0.25, -0.2) is 0 Å². The molecule has 1 unspecified atom stereocenters. The predicted octanol–water partition coefficient (Wildman–Crippen LogP) is 6.75. The summed E-state index contributed by atoms with van der Waals surface area (Å²) in [6, 6.07) is 0. The maximum atomic E-state index is 5.73. The van der Waals surface area contributed by atoms with Gasteiger partial charge >= 0.3 is 0 Å². The number of ether oxygens (including phenoxy) is 1. The van der Waals surface area contributed by atoms with Crippen molar-refractivity contribution in [2.45, 2.75) is 96.2 Å². The molecule has 1 saturated heterocycles. The molecule has 0 amide bonds. The van der Waals surface area contributed by atoms with Gasteiger partial charge in [-0.3, -0.25) is 0 Å². The van der Waals surface area contributed by atoms with E-state index in [0.29, 0.717) is 12.2 Å². The van der Waals surface area contributed by atoms with Gasteiger partial charge in [-0.1, -0.05) is 102 Å². The lowest BCUT2D eigenvalue weighted by molar-refractivity contribution is 0.358. The van der Waals surface area contributed by atoms with Crippen LogP contribution in [0.4, 0.5) is 0 Å². The van der Waals surface area contributed by atoms with Crippen LogP contribution in [0.1, 0.15) is 84.0 Å². The molecule has 1 heterocycles. The molecule has 0 radical (unpaired) electrons. The van der Waals surface area contributed by atoms with Gasteiger partial charge in [0.25, 0.3) is 0 Å². The number of allylic oxidation sites excluding steroid dienone is 4. The van der Waals surface area contributed by atoms with E-state index in [2.05, 4.69) is 31.7 Å². The smallest absolute Gasteiger partial charge is 0.0876 e. The monoisotopic (exact) mass is 304 g/mol. The van der Waals surface area contributed by atoms with E-state index in [9.17, 15) is 0 Å². The summed E-state index contributed by atoms with van der Waals surface area (Å²) in [7, 11) is 0. The second-order valence-electron chi connectivity index (χ2n) is 6.44. The molecule has 0 saturated carbocycles. The van der Waals surface area contributed by atoms with Gasteiger partial charge in [0.05, 0.1) is 12.2 Å². The Kier molecular flexibility index (Phi) is 12.1. The van der Waals surface area contributed by atoms with Crippen LogP contribution in [0.15, 0.2) is 37.0 Å². The van der Waals surface area contributed by atoms with E-state index in [1.54, 1.807) is 0 Å². The third-order valence-electron chi connectivity index (χ3n) is 4.36. The van der Waals surface area contributed by atoms with Crippen LogP contribution in [-0.2, 0) is 4.74 Å². The van der Waals surface area contributed by atoms with Crippen molar-refractivity contribution in [1.29, 1.82) is 0 Å². The zero-order chi connectivity index (χ0) is 15.9. The van der Waals surface area contributed by atoms with Gasteiger partial charge in [-0.05, 0) is 19.3 Å². The predicted molar refractivity (Wildman–Crippen MR) is 98.2 cm³/mol. The average molecular weight is 305 g/mol. The Morgan fingerprint density at radius 1 is 0.818 bits per heavy atom. The fourth-order valence-electron chi connectivity index (χ4n) is 2.88. The van der Waals surface area contributed by atoms with E-state index < -0.39 is 0 Å². The molecule has 0 aromatic carbocycles. The molecule has 1 fully saturated rings. The summed E-state index contributed by atoms with van der Waals surface area (Å²) in [4.78, 5) is 0. The second kappa shape index (κ2) is 13.8. The van der Waals surface area contributed by atoms with Gasteiger partial charge < -0.3 is 4.74 Å². The highest BCUT2D eigenvalue weighted by Gasteiger charge is 2.36. The molecule has 0 N–H and O–H groups in total. The molecule has 0 bridgehead atoms. The standard InChI is InChI=1S/C21H36O/c1-3-5-7-9-11-12-13-15-17-19-21-20(22-21)18-16-14-10-8-6-4-2/h4,6,8,14,16,20-21H,2-3,5,7,9-13,15,17-19H2,1H3/b8-6+,16-14+/t20-,21?/m1/s1. The normalized spacial score (nSPS) is 21.0. The van der Waals surface area contributed by atoms with Crippen molar-refractivity contribution in [2.75, 3.05) is 0 Å². The number of rotatable bonds is 15. The molecule has 2 atom stereocenters. The summed E-state index contributed by atoms with van der Waals surface area (Å²) in [5.41, 5.74) is 0.